The molecule has 1 saturated heterocycles. The number of hydrogen-bond donors (Lipinski definition) is 2. The molecule has 0 aromatic rings. The minimum absolute atomic E-state index is 0.00154. The molecule has 6 heteroatoms. The molecule has 0 spiro atoms. The van der Waals surface area contributed by atoms with Crippen molar-refractivity contribution in [3.05, 3.63) is 0 Å². The lowest BCUT2D eigenvalue weighted by atomic mass is 10.1. The molecule has 2 N–H and O–H groups in total. The van der Waals surface area contributed by atoms with E-state index in [2.05, 4.69) is 5.32 Å². The average molecular weight is 256 g/mol. The van der Waals surface area contributed by atoms with Crippen molar-refractivity contribution in [1.29, 1.82) is 0 Å². The van der Waals surface area contributed by atoms with Gasteiger partial charge < -0.3 is 15.3 Å². The Morgan fingerprint density at radius 3 is 2.67 bits per heavy atom. The third-order valence-corrected chi connectivity index (χ3v) is 3.04. The Bertz CT molecular complexity index is 330. The summed E-state index contributed by atoms with van der Waals surface area (Å²) in [6, 6.07) is 0. The molecule has 0 aliphatic carbocycles. The Labute approximate surface area is 106 Å². The smallest absolute Gasteiger partial charge is 0.303 e. The van der Waals surface area contributed by atoms with E-state index >= 15 is 0 Å². The standard InChI is InChI=1S/C12H20N2O4/c1-2-13-12(18)9-6-7-14(8-9)10(15)4-3-5-11(16)17/h9H,2-8H2,1H3,(H,13,18)(H,16,17). The number of rotatable bonds is 6. The first-order valence-electron chi connectivity index (χ1n) is 6.31. The van der Waals surface area contributed by atoms with Gasteiger partial charge in [-0.15, -0.1) is 0 Å². The number of carboxylic acid groups (broad SMARTS) is 1. The maximum absolute atomic E-state index is 11.8. The second kappa shape index (κ2) is 6.98. The van der Waals surface area contributed by atoms with Crippen molar-refractivity contribution in [3.8, 4) is 0 Å². The van der Waals surface area contributed by atoms with Crippen molar-refractivity contribution in [2.75, 3.05) is 19.6 Å². The highest BCUT2D eigenvalue weighted by Crippen LogP contribution is 2.17. The summed E-state index contributed by atoms with van der Waals surface area (Å²) in [7, 11) is 0. The fraction of sp³-hybridized carbons (Fsp3) is 0.750. The summed E-state index contributed by atoms with van der Waals surface area (Å²) in [4.78, 5) is 35.3. The van der Waals surface area contributed by atoms with E-state index in [0.29, 0.717) is 32.5 Å². The van der Waals surface area contributed by atoms with Gasteiger partial charge in [0.1, 0.15) is 0 Å². The number of hydrogen-bond acceptors (Lipinski definition) is 3. The number of carbonyl (C=O) groups is 3. The Morgan fingerprint density at radius 2 is 2.06 bits per heavy atom. The number of amides is 2. The van der Waals surface area contributed by atoms with Gasteiger partial charge in [-0.1, -0.05) is 0 Å². The van der Waals surface area contributed by atoms with Crippen molar-refractivity contribution >= 4 is 17.8 Å². The van der Waals surface area contributed by atoms with Crippen LogP contribution < -0.4 is 5.32 Å². The summed E-state index contributed by atoms with van der Waals surface area (Å²) in [5.41, 5.74) is 0. The zero-order valence-corrected chi connectivity index (χ0v) is 10.6. The van der Waals surface area contributed by atoms with Crippen LogP contribution in [-0.2, 0) is 14.4 Å². The van der Waals surface area contributed by atoms with Gasteiger partial charge in [0.25, 0.3) is 0 Å². The monoisotopic (exact) mass is 256 g/mol. The molecule has 0 saturated carbocycles. The first-order valence-corrected chi connectivity index (χ1v) is 6.31. The molecule has 1 aliphatic heterocycles. The van der Waals surface area contributed by atoms with Gasteiger partial charge in [0, 0.05) is 32.5 Å². The lowest BCUT2D eigenvalue weighted by molar-refractivity contribution is -0.137. The van der Waals surface area contributed by atoms with Crippen LogP contribution in [0.5, 0.6) is 0 Å². The normalized spacial score (nSPS) is 18.7. The van der Waals surface area contributed by atoms with Crippen LogP contribution in [0.1, 0.15) is 32.6 Å². The number of carboxylic acids is 1. The molecule has 1 heterocycles. The molecule has 102 valence electrons. The molecule has 6 nitrogen and oxygen atoms in total. The second-order valence-electron chi connectivity index (χ2n) is 4.47. The second-order valence-corrected chi connectivity index (χ2v) is 4.47. The predicted molar refractivity (Wildman–Crippen MR) is 64.9 cm³/mol. The molecule has 0 aromatic carbocycles. The van der Waals surface area contributed by atoms with Crippen LogP contribution >= 0.6 is 0 Å². The Kier molecular flexibility index (Phi) is 5.61. The number of aliphatic carboxylic acids is 1. The lowest BCUT2D eigenvalue weighted by Gasteiger charge is -2.16. The highest BCUT2D eigenvalue weighted by Gasteiger charge is 2.30. The molecular weight excluding hydrogens is 236 g/mol. The van der Waals surface area contributed by atoms with Crippen LogP contribution in [0.25, 0.3) is 0 Å². The summed E-state index contributed by atoms with van der Waals surface area (Å²) in [5, 5.41) is 11.2. The molecule has 1 fully saturated rings. The van der Waals surface area contributed by atoms with Crippen LogP contribution in [0.4, 0.5) is 0 Å². The van der Waals surface area contributed by atoms with E-state index in [4.69, 9.17) is 5.11 Å². The topological polar surface area (TPSA) is 86.7 Å². The van der Waals surface area contributed by atoms with Gasteiger partial charge in [0.2, 0.25) is 11.8 Å². The summed E-state index contributed by atoms with van der Waals surface area (Å²) in [5.74, 6) is -1.06. The van der Waals surface area contributed by atoms with Crippen LogP contribution in [0, 0.1) is 5.92 Å². The Hall–Kier alpha value is -1.59. The summed E-state index contributed by atoms with van der Waals surface area (Å²) in [6.45, 7) is 3.51. The maximum atomic E-state index is 11.8. The van der Waals surface area contributed by atoms with Crippen LogP contribution in [0.2, 0.25) is 0 Å². The molecule has 0 bridgehead atoms. The molecule has 1 unspecified atom stereocenters. The van der Waals surface area contributed by atoms with Crippen molar-refractivity contribution < 1.29 is 19.5 Å². The van der Waals surface area contributed by atoms with Crippen LogP contribution in [-0.4, -0.2) is 47.4 Å². The number of carbonyl (C=O) groups excluding carboxylic acids is 2. The summed E-state index contributed by atoms with van der Waals surface area (Å²) < 4.78 is 0. The van der Waals surface area contributed by atoms with E-state index in [1.165, 1.54) is 0 Å². The van der Waals surface area contributed by atoms with Gasteiger partial charge in [0.05, 0.1) is 5.92 Å². The summed E-state index contributed by atoms with van der Waals surface area (Å²) in [6.07, 6.45) is 1.31. The third-order valence-electron chi connectivity index (χ3n) is 3.04. The molecular formula is C12H20N2O4. The molecule has 18 heavy (non-hydrogen) atoms. The van der Waals surface area contributed by atoms with Crippen molar-refractivity contribution in [3.63, 3.8) is 0 Å². The lowest BCUT2D eigenvalue weighted by Crippen LogP contribution is -2.34. The van der Waals surface area contributed by atoms with Crippen LogP contribution in [0.3, 0.4) is 0 Å². The molecule has 1 aliphatic rings. The number of likely N-dealkylation sites (tertiary alicyclic amines) is 1. The largest absolute Gasteiger partial charge is 0.481 e. The molecule has 2 amide bonds. The number of nitrogens with zero attached hydrogens (tertiary/aromatic N) is 1. The minimum atomic E-state index is -0.885. The van der Waals surface area contributed by atoms with Gasteiger partial charge in [0.15, 0.2) is 0 Å². The highest BCUT2D eigenvalue weighted by molar-refractivity contribution is 5.82. The number of nitrogens with one attached hydrogen (secondary N) is 1. The van der Waals surface area contributed by atoms with E-state index in [9.17, 15) is 14.4 Å². The quantitative estimate of drug-likeness (QED) is 0.712. The van der Waals surface area contributed by atoms with Crippen LogP contribution in [0.15, 0.2) is 0 Å². The first-order chi connectivity index (χ1) is 8.54. The zero-order chi connectivity index (χ0) is 13.5. The van der Waals surface area contributed by atoms with E-state index in [-0.39, 0.29) is 30.6 Å². The Balaban J connectivity index is 2.30. The third kappa shape index (κ3) is 4.35. The predicted octanol–water partition coefficient (Wildman–Crippen LogP) is 0.226. The van der Waals surface area contributed by atoms with Gasteiger partial charge in [-0.2, -0.15) is 0 Å². The fourth-order valence-electron chi connectivity index (χ4n) is 2.07. The zero-order valence-electron chi connectivity index (χ0n) is 10.6. The summed E-state index contributed by atoms with van der Waals surface area (Å²) >= 11 is 0. The SMILES string of the molecule is CCNC(=O)C1CCN(C(=O)CCCC(=O)O)C1. The van der Waals surface area contributed by atoms with E-state index in [0.717, 1.165) is 0 Å². The van der Waals surface area contributed by atoms with Gasteiger partial charge in [-0.05, 0) is 19.8 Å². The van der Waals surface area contributed by atoms with Gasteiger partial charge >= 0.3 is 5.97 Å². The van der Waals surface area contributed by atoms with Crippen molar-refractivity contribution in [2.24, 2.45) is 5.92 Å². The van der Waals surface area contributed by atoms with E-state index in [1.807, 2.05) is 6.92 Å². The minimum Gasteiger partial charge on any atom is -0.481 e. The van der Waals surface area contributed by atoms with Crippen molar-refractivity contribution in [2.45, 2.75) is 32.6 Å². The maximum Gasteiger partial charge on any atom is 0.303 e. The van der Waals surface area contributed by atoms with Crippen molar-refractivity contribution in [1.82, 2.24) is 10.2 Å². The molecule has 1 rings (SSSR count). The fourth-order valence-corrected chi connectivity index (χ4v) is 2.07. The van der Waals surface area contributed by atoms with E-state index in [1.54, 1.807) is 4.90 Å². The highest BCUT2D eigenvalue weighted by atomic mass is 16.4. The molecule has 1 atom stereocenters. The molecule has 0 aromatic heterocycles. The molecule has 0 radical (unpaired) electrons. The average Bonchev–Trinajstić information content (AvgIpc) is 2.78. The van der Waals surface area contributed by atoms with E-state index < -0.39 is 5.97 Å². The Morgan fingerprint density at radius 1 is 1.33 bits per heavy atom. The van der Waals surface area contributed by atoms with Gasteiger partial charge in [-0.25, -0.2) is 0 Å². The van der Waals surface area contributed by atoms with Gasteiger partial charge in [-0.3, -0.25) is 14.4 Å². The first kappa shape index (κ1) is 14.5.